The molecule has 2 aromatic heterocycles. The Morgan fingerprint density at radius 1 is 1.29 bits per heavy atom. The number of carbonyl (C=O) groups excluding carboxylic acids is 1. The lowest BCUT2D eigenvalue weighted by Crippen LogP contribution is -2.46. The van der Waals surface area contributed by atoms with Crippen LogP contribution in [0.15, 0.2) is 48.9 Å². The van der Waals surface area contributed by atoms with Crippen LogP contribution in [0.3, 0.4) is 0 Å². The number of hydrogen-bond acceptors (Lipinski definition) is 11. The maximum absolute atomic E-state index is 13.9. The molecule has 13 nitrogen and oxygen atoms in total. The second-order valence-corrected chi connectivity index (χ2v) is 10.8. The molecule has 1 fully saturated rings. The van der Waals surface area contributed by atoms with Gasteiger partial charge in [0.1, 0.15) is 47.4 Å². The number of nitrogens with two attached hydrogens (primary N) is 1. The molecule has 7 atom stereocenters. The van der Waals surface area contributed by atoms with E-state index < -0.39 is 49.9 Å². The van der Waals surface area contributed by atoms with Gasteiger partial charge in [-0.15, -0.1) is 0 Å². The van der Waals surface area contributed by atoms with Crippen molar-refractivity contribution in [3.8, 4) is 5.75 Å². The van der Waals surface area contributed by atoms with E-state index in [-0.39, 0.29) is 18.2 Å². The Bertz CT molecular complexity index is 1320. The lowest BCUT2D eigenvalue weighted by atomic mass is 9.94. The van der Waals surface area contributed by atoms with Crippen LogP contribution in [0.1, 0.15) is 33.9 Å². The van der Waals surface area contributed by atoms with Crippen LogP contribution in [-0.4, -0.2) is 67.3 Å². The molecule has 4 rings (SSSR count). The third-order valence-corrected chi connectivity index (χ3v) is 7.98. The average Bonchev–Trinajstić information content (AvgIpc) is 3.38. The van der Waals surface area contributed by atoms with Crippen LogP contribution < -0.4 is 15.3 Å². The highest BCUT2D eigenvalue weighted by Gasteiger charge is 2.56. The van der Waals surface area contributed by atoms with E-state index in [2.05, 4.69) is 15.1 Å². The summed E-state index contributed by atoms with van der Waals surface area (Å²) in [6, 6.07) is 8.89. The van der Waals surface area contributed by atoms with Gasteiger partial charge in [0.2, 0.25) is 0 Å². The van der Waals surface area contributed by atoms with Crippen molar-refractivity contribution in [2.24, 2.45) is 0 Å². The van der Waals surface area contributed by atoms with Crippen molar-refractivity contribution >= 4 is 30.6 Å². The van der Waals surface area contributed by atoms with Crippen molar-refractivity contribution in [1.82, 2.24) is 19.6 Å². The highest BCUT2D eigenvalue weighted by Crippen LogP contribution is 2.49. The molecule has 206 valence electrons. The number of carbonyl (C=O) groups is 1. The van der Waals surface area contributed by atoms with Crippen LogP contribution in [0.25, 0.3) is 11.0 Å². The third kappa shape index (κ3) is 5.53. The molecule has 3 aromatic rings. The number of aromatic nitrogens is 3. The second-order valence-electron chi connectivity index (χ2n) is 9.16. The molecule has 14 heteroatoms. The summed E-state index contributed by atoms with van der Waals surface area (Å²) >= 11 is 0. The van der Waals surface area contributed by atoms with Gasteiger partial charge in [-0.25, -0.2) is 14.5 Å². The molecule has 3 heterocycles. The van der Waals surface area contributed by atoms with Gasteiger partial charge in [0.25, 0.3) is 0 Å². The lowest BCUT2D eigenvalue weighted by molar-refractivity contribution is -0.144. The molecule has 1 aromatic carbocycles. The number of nitrogen functional groups attached to an aromatic ring is 1. The van der Waals surface area contributed by atoms with Gasteiger partial charge in [0, 0.05) is 6.20 Å². The molecule has 0 saturated carbocycles. The number of fused-ring (bicyclic) bond motifs is 1. The Kier molecular flexibility index (Phi) is 8.07. The van der Waals surface area contributed by atoms with Gasteiger partial charge in [0.05, 0.1) is 18.1 Å². The van der Waals surface area contributed by atoms with Crippen LogP contribution in [-0.2, 0) is 23.4 Å². The predicted molar refractivity (Wildman–Crippen MR) is 137 cm³/mol. The average molecular weight is 550 g/mol. The van der Waals surface area contributed by atoms with Gasteiger partial charge in [-0.2, -0.15) is 5.09 Å². The zero-order chi connectivity index (χ0) is 27.7. The number of nitrogens with one attached hydrogen (secondary N) is 1. The number of para-hydroxylation sites is 1. The molecule has 1 aliphatic rings. The molecular weight excluding hydrogens is 517 g/mol. The largest absolute Gasteiger partial charge is 0.465 e. The van der Waals surface area contributed by atoms with E-state index in [0.717, 1.165) is 0 Å². The van der Waals surface area contributed by atoms with Crippen molar-refractivity contribution in [3.63, 3.8) is 0 Å². The van der Waals surface area contributed by atoms with Crippen molar-refractivity contribution < 1.29 is 38.1 Å². The van der Waals surface area contributed by atoms with E-state index in [4.69, 9.17) is 24.3 Å². The lowest BCUT2D eigenvalue weighted by Gasteiger charge is -2.29. The first-order valence-corrected chi connectivity index (χ1v) is 13.6. The van der Waals surface area contributed by atoms with E-state index in [1.165, 1.54) is 31.7 Å². The highest BCUT2D eigenvalue weighted by atomic mass is 31.2. The van der Waals surface area contributed by atoms with Crippen molar-refractivity contribution in [2.75, 3.05) is 12.3 Å². The van der Waals surface area contributed by atoms with Gasteiger partial charge < -0.3 is 34.5 Å². The smallest absolute Gasteiger partial charge is 0.459 e. The molecule has 1 saturated heterocycles. The fourth-order valence-corrected chi connectivity index (χ4v) is 5.96. The molecule has 5 N–H and O–H groups in total. The fourth-order valence-electron chi connectivity index (χ4n) is 4.27. The Balaban J connectivity index is 1.59. The maximum atomic E-state index is 13.9. The normalized spacial score (nSPS) is 26.5. The first-order chi connectivity index (χ1) is 18.0. The van der Waals surface area contributed by atoms with Gasteiger partial charge in [-0.1, -0.05) is 18.2 Å². The molecule has 0 amide bonds. The highest BCUT2D eigenvalue weighted by molar-refractivity contribution is 7.52. The Morgan fingerprint density at radius 2 is 2.00 bits per heavy atom. The van der Waals surface area contributed by atoms with Crippen LogP contribution in [0.2, 0.25) is 0 Å². The summed E-state index contributed by atoms with van der Waals surface area (Å²) in [5.74, 6) is -0.178. The maximum Gasteiger partial charge on any atom is 0.459 e. The molecule has 0 aliphatic carbocycles. The number of hydrogen-bond donors (Lipinski definition) is 4. The van der Waals surface area contributed by atoms with Crippen LogP contribution in [0.5, 0.6) is 5.75 Å². The van der Waals surface area contributed by atoms with Crippen LogP contribution >= 0.6 is 7.75 Å². The SMILES string of the molecule is CCOC(=O)[C@H](C)NP(=O)(Oc1ccccc1)OC(C)[C@H]1O[C@@H](n2ccc3c(N)ncnc32)[C@](C)(O)[C@@H]1O. The monoisotopic (exact) mass is 549 g/mol. The summed E-state index contributed by atoms with van der Waals surface area (Å²) in [5.41, 5.74) is 4.52. The van der Waals surface area contributed by atoms with E-state index in [1.54, 1.807) is 49.5 Å². The summed E-state index contributed by atoms with van der Waals surface area (Å²) in [7, 11) is -4.24. The zero-order valence-corrected chi connectivity index (χ0v) is 22.3. The standard InChI is InChI=1S/C24H32N5O8P/c1-5-34-22(31)14(2)28-38(33,37-16-9-7-6-8-10-16)36-15(3)18-19(30)24(4,32)23(35-18)29-12-11-17-20(25)26-13-27-21(17)29/h6-15,18-19,23,30,32H,5H2,1-4H3,(H,28,33)(H2,25,26,27)/t14-,15?,18+,19+,23+,24+,38?/m0/s1. The quantitative estimate of drug-likeness (QED) is 0.214. The number of nitrogens with zero attached hydrogens (tertiary/aromatic N) is 3. The van der Waals surface area contributed by atoms with Crippen molar-refractivity contribution in [1.29, 1.82) is 0 Å². The van der Waals surface area contributed by atoms with Crippen molar-refractivity contribution in [2.45, 2.75) is 63.9 Å². The first kappa shape index (κ1) is 28.0. The molecule has 0 spiro atoms. The summed E-state index contributed by atoms with van der Waals surface area (Å²) in [6.45, 7) is 6.16. The minimum atomic E-state index is -4.24. The van der Waals surface area contributed by atoms with Gasteiger partial charge >= 0.3 is 13.7 Å². The Morgan fingerprint density at radius 3 is 2.68 bits per heavy atom. The van der Waals surface area contributed by atoms with Crippen LogP contribution in [0, 0.1) is 0 Å². The Hall–Kier alpha value is -3.06. The van der Waals surface area contributed by atoms with E-state index in [9.17, 15) is 19.6 Å². The third-order valence-electron chi connectivity index (χ3n) is 6.22. The zero-order valence-electron chi connectivity index (χ0n) is 21.4. The number of rotatable bonds is 10. The minimum absolute atomic E-state index is 0.134. The molecule has 38 heavy (non-hydrogen) atoms. The molecular formula is C24H32N5O8P. The Labute approximate surface area is 219 Å². The molecule has 0 radical (unpaired) electrons. The van der Waals surface area contributed by atoms with E-state index in [1.807, 2.05) is 0 Å². The number of benzene rings is 1. The van der Waals surface area contributed by atoms with E-state index >= 15 is 0 Å². The minimum Gasteiger partial charge on any atom is -0.465 e. The van der Waals surface area contributed by atoms with Crippen molar-refractivity contribution in [3.05, 3.63) is 48.9 Å². The van der Waals surface area contributed by atoms with Gasteiger partial charge in [-0.3, -0.25) is 9.32 Å². The fraction of sp³-hybridized carbons (Fsp3) is 0.458. The topological polar surface area (TPSA) is 180 Å². The van der Waals surface area contributed by atoms with Gasteiger partial charge in [0.15, 0.2) is 6.23 Å². The number of ether oxygens (including phenoxy) is 2. The predicted octanol–water partition coefficient (Wildman–Crippen LogP) is 2.16. The first-order valence-electron chi connectivity index (χ1n) is 12.1. The summed E-state index contributed by atoms with van der Waals surface area (Å²) in [6.07, 6.45) is -1.90. The number of anilines is 1. The summed E-state index contributed by atoms with van der Waals surface area (Å²) in [4.78, 5) is 20.4. The number of esters is 1. The summed E-state index contributed by atoms with van der Waals surface area (Å²) < 4.78 is 37.9. The summed E-state index contributed by atoms with van der Waals surface area (Å²) in [5, 5.41) is 25.4. The number of aliphatic hydroxyl groups is 2. The number of aliphatic hydroxyl groups excluding tert-OH is 1. The molecule has 1 aliphatic heterocycles. The molecule has 2 unspecified atom stereocenters. The van der Waals surface area contributed by atoms with E-state index in [0.29, 0.717) is 11.0 Å². The van der Waals surface area contributed by atoms with Crippen LogP contribution in [0.4, 0.5) is 5.82 Å². The van der Waals surface area contributed by atoms with Gasteiger partial charge in [-0.05, 0) is 45.9 Å². The second kappa shape index (κ2) is 11.0. The molecule has 0 bridgehead atoms.